The van der Waals surface area contributed by atoms with Gasteiger partial charge in [0.2, 0.25) is 11.8 Å². The number of rotatable bonds is 6. The molecule has 0 aliphatic rings. The van der Waals surface area contributed by atoms with Crippen molar-refractivity contribution in [1.82, 2.24) is 0 Å². The van der Waals surface area contributed by atoms with Gasteiger partial charge in [-0.1, -0.05) is 6.07 Å². The fraction of sp³-hybridized carbons (Fsp3) is 0.333. The van der Waals surface area contributed by atoms with Crippen molar-refractivity contribution in [1.29, 1.82) is 0 Å². The van der Waals surface area contributed by atoms with Crippen molar-refractivity contribution in [2.75, 3.05) is 18.0 Å². The Labute approximate surface area is 109 Å². The van der Waals surface area contributed by atoms with Gasteiger partial charge in [-0.2, -0.15) is 0 Å². The lowest BCUT2D eigenvalue weighted by atomic mass is 10.1. The highest BCUT2D eigenvalue weighted by Gasteiger charge is 2.20. The van der Waals surface area contributed by atoms with Crippen molar-refractivity contribution in [3.8, 4) is 0 Å². The van der Waals surface area contributed by atoms with E-state index in [0.717, 1.165) is 0 Å². The smallest absolute Gasteiger partial charge is 0.236 e. The molecule has 1 aromatic carbocycles. The van der Waals surface area contributed by atoms with E-state index in [4.69, 9.17) is 11.5 Å². The Morgan fingerprint density at radius 3 is 2.26 bits per heavy atom. The molecule has 0 aliphatic heterocycles. The summed E-state index contributed by atoms with van der Waals surface area (Å²) in [6.45, 7) is 0.785. The molecule has 0 saturated heterocycles. The van der Waals surface area contributed by atoms with Gasteiger partial charge in [0, 0.05) is 11.3 Å². The Balaban J connectivity index is 3.24. The number of hydrogen-bond donors (Lipinski definition) is 3. The van der Waals surface area contributed by atoms with E-state index in [2.05, 4.69) is 0 Å². The van der Waals surface area contributed by atoms with E-state index in [9.17, 15) is 19.1 Å². The van der Waals surface area contributed by atoms with Crippen molar-refractivity contribution >= 4 is 17.5 Å². The molecule has 6 nitrogen and oxygen atoms in total. The number of benzene rings is 1. The third-order valence-electron chi connectivity index (χ3n) is 2.48. The molecule has 5 N–H and O–H groups in total. The predicted molar refractivity (Wildman–Crippen MR) is 67.6 cm³/mol. The molecule has 0 spiro atoms. The van der Waals surface area contributed by atoms with Crippen LogP contribution in [-0.2, 0) is 9.59 Å². The summed E-state index contributed by atoms with van der Waals surface area (Å²) < 4.78 is 13.7. The van der Waals surface area contributed by atoms with Gasteiger partial charge in [0.15, 0.2) is 0 Å². The normalized spacial score (nSPS) is 11.9. The van der Waals surface area contributed by atoms with Crippen LogP contribution in [0.2, 0.25) is 0 Å². The molecule has 1 aromatic rings. The maximum absolute atomic E-state index is 13.7. The molecule has 19 heavy (non-hydrogen) atoms. The third-order valence-corrected chi connectivity index (χ3v) is 2.48. The van der Waals surface area contributed by atoms with Gasteiger partial charge in [0.25, 0.3) is 0 Å². The van der Waals surface area contributed by atoms with Gasteiger partial charge in [-0.05, 0) is 19.1 Å². The van der Waals surface area contributed by atoms with Crippen molar-refractivity contribution < 1.29 is 19.1 Å². The topological polar surface area (TPSA) is 110 Å². The Morgan fingerprint density at radius 1 is 1.32 bits per heavy atom. The summed E-state index contributed by atoms with van der Waals surface area (Å²) in [4.78, 5) is 23.2. The van der Waals surface area contributed by atoms with Gasteiger partial charge < -0.3 is 21.5 Å². The van der Waals surface area contributed by atoms with Crippen molar-refractivity contribution in [3.05, 3.63) is 29.6 Å². The van der Waals surface area contributed by atoms with Crippen LogP contribution in [0.15, 0.2) is 18.2 Å². The summed E-state index contributed by atoms with van der Waals surface area (Å²) in [5.74, 6) is -2.02. The minimum absolute atomic E-state index is 0.00926. The minimum atomic E-state index is -1.10. The summed E-state index contributed by atoms with van der Waals surface area (Å²) in [6.07, 6.45) is -1.10. The lowest BCUT2D eigenvalue weighted by molar-refractivity contribution is -0.117. The van der Waals surface area contributed by atoms with E-state index in [1.807, 2.05) is 0 Å². The van der Waals surface area contributed by atoms with Gasteiger partial charge in [-0.3, -0.25) is 9.59 Å². The first-order valence-corrected chi connectivity index (χ1v) is 5.61. The van der Waals surface area contributed by atoms with Crippen LogP contribution >= 0.6 is 0 Å². The lowest BCUT2D eigenvalue weighted by Crippen LogP contribution is -2.40. The molecule has 0 radical (unpaired) electrons. The molecule has 7 heteroatoms. The monoisotopic (exact) mass is 269 g/mol. The zero-order valence-corrected chi connectivity index (χ0v) is 10.5. The average Bonchev–Trinajstić information content (AvgIpc) is 2.25. The standard InChI is InChI=1S/C12H16FN3O3/c1-7(17)12-8(13)3-2-4-9(12)16(5-10(14)18)6-11(15)19/h2-4,7,17H,5-6H2,1H3,(H2,14,18)(H2,15,19)/t7-/m0/s1. The zero-order chi connectivity index (χ0) is 14.6. The number of amides is 2. The summed E-state index contributed by atoms with van der Waals surface area (Å²) in [7, 11) is 0. The Bertz CT molecular complexity index is 475. The minimum Gasteiger partial charge on any atom is -0.389 e. The molecule has 0 heterocycles. The molecule has 0 saturated carbocycles. The summed E-state index contributed by atoms with van der Waals surface area (Å²) in [5, 5.41) is 9.60. The van der Waals surface area contributed by atoms with Gasteiger partial charge >= 0.3 is 0 Å². The van der Waals surface area contributed by atoms with E-state index < -0.39 is 23.7 Å². The van der Waals surface area contributed by atoms with E-state index >= 15 is 0 Å². The average molecular weight is 269 g/mol. The lowest BCUT2D eigenvalue weighted by Gasteiger charge is -2.25. The van der Waals surface area contributed by atoms with Crippen molar-refractivity contribution in [2.45, 2.75) is 13.0 Å². The van der Waals surface area contributed by atoms with Gasteiger partial charge in [0.05, 0.1) is 19.2 Å². The van der Waals surface area contributed by atoms with E-state index in [1.165, 1.54) is 30.0 Å². The maximum atomic E-state index is 13.7. The van der Waals surface area contributed by atoms with E-state index in [1.54, 1.807) is 0 Å². The van der Waals surface area contributed by atoms with Crippen LogP contribution in [0.25, 0.3) is 0 Å². The number of anilines is 1. The highest BCUT2D eigenvalue weighted by Crippen LogP contribution is 2.28. The fourth-order valence-electron chi connectivity index (χ4n) is 1.82. The fourth-order valence-corrected chi connectivity index (χ4v) is 1.82. The molecule has 0 bridgehead atoms. The highest BCUT2D eigenvalue weighted by molar-refractivity contribution is 5.85. The molecule has 0 unspecified atom stereocenters. The Kier molecular flexibility index (Phi) is 4.82. The summed E-state index contributed by atoms with van der Waals surface area (Å²) >= 11 is 0. The number of primary amides is 2. The number of hydrogen-bond acceptors (Lipinski definition) is 4. The number of aliphatic hydroxyl groups excluding tert-OH is 1. The second-order valence-electron chi connectivity index (χ2n) is 4.14. The van der Waals surface area contributed by atoms with Gasteiger partial charge in [-0.25, -0.2) is 4.39 Å². The molecule has 1 atom stereocenters. The number of nitrogens with zero attached hydrogens (tertiary/aromatic N) is 1. The van der Waals surface area contributed by atoms with Crippen LogP contribution in [0.3, 0.4) is 0 Å². The number of nitrogens with two attached hydrogens (primary N) is 2. The number of carbonyl (C=O) groups excluding carboxylic acids is 2. The van der Waals surface area contributed by atoms with E-state index in [-0.39, 0.29) is 24.3 Å². The van der Waals surface area contributed by atoms with E-state index in [0.29, 0.717) is 0 Å². The van der Waals surface area contributed by atoms with Crippen LogP contribution in [-0.4, -0.2) is 30.0 Å². The molecule has 104 valence electrons. The first-order chi connectivity index (χ1) is 8.82. The van der Waals surface area contributed by atoms with Crippen LogP contribution in [0, 0.1) is 5.82 Å². The number of carbonyl (C=O) groups is 2. The van der Waals surface area contributed by atoms with Crippen LogP contribution < -0.4 is 16.4 Å². The Morgan fingerprint density at radius 2 is 1.84 bits per heavy atom. The first-order valence-electron chi connectivity index (χ1n) is 5.61. The zero-order valence-electron chi connectivity index (χ0n) is 10.5. The van der Waals surface area contributed by atoms with Crippen molar-refractivity contribution in [2.24, 2.45) is 11.5 Å². The molecule has 0 aliphatic carbocycles. The second-order valence-corrected chi connectivity index (χ2v) is 4.14. The number of halogens is 1. The maximum Gasteiger partial charge on any atom is 0.236 e. The second kappa shape index (κ2) is 6.14. The Hall–Kier alpha value is -2.15. The summed E-state index contributed by atoms with van der Waals surface area (Å²) in [6, 6.07) is 4.07. The third kappa shape index (κ3) is 3.92. The largest absolute Gasteiger partial charge is 0.389 e. The summed E-state index contributed by atoms with van der Waals surface area (Å²) in [5.41, 5.74) is 10.4. The van der Waals surface area contributed by atoms with Crippen LogP contribution in [0.4, 0.5) is 10.1 Å². The molecular formula is C12H16FN3O3. The number of aliphatic hydroxyl groups is 1. The first kappa shape index (κ1) is 14.9. The quantitative estimate of drug-likeness (QED) is 0.656. The van der Waals surface area contributed by atoms with Crippen LogP contribution in [0.5, 0.6) is 0 Å². The molecule has 1 rings (SSSR count). The van der Waals surface area contributed by atoms with Gasteiger partial charge in [0.1, 0.15) is 5.82 Å². The molecular weight excluding hydrogens is 253 g/mol. The van der Waals surface area contributed by atoms with Gasteiger partial charge in [-0.15, -0.1) is 0 Å². The highest BCUT2D eigenvalue weighted by atomic mass is 19.1. The molecule has 0 aromatic heterocycles. The van der Waals surface area contributed by atoms with Crippen LogP contribution in [0.1, 0.15) is 18.6 Å². The van der Waals surface area contributed by atoms with Crippen molar-refractivity contribution in [3.63, 3.8) is 0 Å². The molecule has 0 fully saturated rings. The SMILES string of the molecule is C[C@H](O)c1c(F)cccc1N(CC(N)=O)CC(N)=O. The molecule has 2 amide bonds. The predicted octanol–water partition coefficient (Wildman–Crippen LogP) is -0.344.